The van der Waals surface area contributed by atoms with Crippen LogP contribution in [0.1, 0.15) is 30.4 Å². The van der Waals surface area contributed by atoms with Gasteiger partial charge in [-0.1, -0.05) is 73.7 Å². The van der Waals surface area contributed by atoms with Crippen LogP contribution >= 0.6 is 0 Å². The molecule has 0 atom stereocenters. The molecule has 0 aromatic heterocycles. The summed E-state index contributed by atoms with van der Waals surface area (Å²) >= 11 is 0. The van der Waals surface area contributed by atoms with Crippen LogP contribution in [-0.2, 0) is 16.4 Å². The fourth-order valence-corrected chi connectivity index (χ4v) is 6.77. The molecule has 1 aliphatic heterocycles. The van der Waals surface area contributed by atoms with Gasteiger partial charge < -0.3 is 0 Å². The second-order valence-electron chi connectivity index (χ2n) is 9.70. The zero-order valence-electron chi connectivity index (χ0n) is 18.8. The van der Waals surface area contributed by atoms with Crippen molar-refractivity contribution >= 4 is 17.9 Å². The maximum absolute atomic E-state index is 13.6. The van der Waals surface area contributed by atoms with Crippen LogP contribution in [0.4, 0.5) is 0 Å². The smallest absolute Gasteiger partial charge is 0.202 e. The van der Waals surface area contributed by atoms with Crippen LogP contribution in [0.15, 0.2) is 70.0 Å². The van der Waals surface area contributed by atoms with E-state index in [1.807, 2.05) is 25.1 Å². The first-order valence-corrected chi connectivity index (χ1v) is 16.1. The standard InChI is InChI=1S/C25H35NO2SSi/c1-21-12-14-24(15-13-21)29(27,28)25-11-8-17-26(19-22-9-6-5-7-10-22)20-23(25)16-18-30(2,3)4/h5-7,9-10,12-15H,8,11,16-20H2,1-4H3. The Kier molecular flexibility index (Phi) is 7.37. The van der Waals surface area contributed by atoms with Gasteiger partial charge in [-0.05, 0) is 56.0 Å². The highest BCUT2D eigenvalue weighted by atomic mass is 32.2. The third-order valence-electron chi connectivity index (χ3n) is 5.77. The monoisotopic (exact) mass is 441 g/mol. The van der Waals surface area contributed by atoms with Gasteiger partial charge in [0.2, 0.25) is 9.84 Å². The summed E-state index contributed by atoms with van der Waals surface area (Å²) in [6.45, 7) is 11.6. The number of hydrogen-bond donors (Lipinski definition) is 0. The topological polar surface area (TPSA) is 37.4 Å². The number of sulfone groups is 1. The Bertz CT molecular complexity index is 974. The van der Waals surface area contributed by atoms with E-state index in [0.717, 1.165) is 49.7 Å². The highest BCUT2D eigenvalue weighted by Gasteiger charge is 2.28. The Hall–Kier alpha value is -1.69. The van der Waals surface area contributed by atoms with Crippen LogP contribution in [0.25, 0.3) is 0 Å². The summed E-state index contributed by atoms with van der Waals surface area (Å²) in [5.74, 6) is 0. The molecule has 0 aliphatic carbocycles. The zero-order chi connectivity index (χ0) is 21.8. The molecule has 5 heteroatoms. The van der Waals surface area contributed by atoms with E-state index in [-0.39, 0.29) is 0 Å². The van der Waals surface area contributed by atoms with Gasteiger partial charge in [0, 0.05) is 26.1 Å². The van der Waals surface area contributed by atoms with Crippen molar-refractivity contribution in [1.82, 2.24) is 4.90 Å². The molecule has 0 N–H and O–H groups in total. The first-order valence-electron chi connectivity index (χ1n) is 10.9. The third-order valence-corrected chi connectivity index (χ3v) is 9.55. The van der Waals surface area contributed by atoms with Crippen molar-refractivity contribution in [2.24, 2.45) is 0 Å². The molecule has 2 aromatic carbocycles. The van der Waals surface area contributed by atoms with E-state index >= 15 is 0 Å². The molecule has 2 aromatic rings. The molecule has 0 fully saturated rings. The fraction of sp³-hybridized carbons (Fsp3) is 0.440. The Morgan fingerprint density at radius 1 is 0.967 bits per heavy atom. The zero-order valence-corrected chi connectivity index (χ0v) is 20.6. The van der Waals surface area contributed by atoms with Gasteiger partial charge in [-0.25, -0.2) is 8.42 Å². The minimum Gasteiger partial charge on any atom is -0.295 e. The predicted octanol–water partition coefficient (Wildman–Crippen LogP) is 6.05. The van der Waals surface area contributed by atoms with E-state index in [1.54, 1.807) is 12.1 Å². The molecule has 30 heavy (non-hydrogen) atoms. The fourth-order valence-electron chi connectivity index (χ4n) is 3.98. The van der Waals surface area contributed by atoms with Crippen molar-refractivity contribution < 1.29 is 8.42 Å². The molecule has 0 saturated heterocycles. The number of aryl methyl sites for hydroxylation is 1. The van der Waals surface area contributed by atoms with Crippen LogP contribution in [0.2, 0.25) is 25.7 Å². The maximum Gasteiger partial charge on any atom is 0.202 e. The average Bonchev–Trinajstić information content (AvgIpc) is 2.89. The molecule has 0 bridgehead atoms. The highest BCUT2D eigenvalue weighted by Crippen LogP contribution is 2.32. The van der Waals surface area contributed by atoms with E-state index < -0.39 is 17.9 Å². The summed E-state index contributed by atoms with van der Waals surface area (Å²) in [5, 5.41) is 0. The summed E-state index contributed by atoms with van der Waals surface area (Å²) in [5.41, 5.74) is 3.50. The molecule has 0 radical (unpaired) electrons. The SMILES string of the molecule is Cc1ccc(S(=O)(=O)C2=C(CC[Si](C)(C)C)CN(Cc3ccccc3)CCC2)cc1. The number of nitrogens with zero attached hydrogens (tertiary/aromatic N) is 1. The van der Waals surface area contributed by atoms with Gasteiger partial charge in [-0.2, -0.15) is 0 Å². The molecule has 0 unspecified atom stereocenters. The lowest BCUT2D eigenvalue weighted by molar-refractivity contribution is 0.289. The van der Waals surface area contributed by atoms with Crippen LogP contribution in [0.5, 0.6) is 0 Å². The summed E-state index contributed by atoms with van der Waals surface area (Å²) in [6.07, 6.45) is 2.41. The number of hydrogen-bond acceptors (Lipinski definition) is 3. The van der Waals surface area contributed by atoms with Crippen molar-refractivity contribution in [3.8, 4) is 0 Å². The molecule has 0 saturated carbocycles. The quantitative estimate of drug-likeness (QED) is 0.491. The largest absolute Gasteiger partial charge is 0.295 e. The van der Waals surface area contributed by atoms with Crippen molar-refractivity contribution in [2.45, 2.75) is 63.3 Å². The first kappa shape index (κ1) is 23.0. The van der Waals surface area contributed by atoms with Crippen molar-refractivity contribution in [1.29, 1.82) is 0 Å². The van der Waals surface area contributed by atoms with Gasteiger partial charge in [-0.3, -0.25) is 4.90 Å². The molecule has 1 heterocycles. The lowest BCUT2D eigenvalue weighted by Gasteiger charge is -2.24. The highest BCUT2D eigenvalue weighted by molar-refractivity contribution is 7.95. The maximum atomic E-state index is 13.6. The minimum atomic E-state index is -3.45. The normalized spacial score (nSPS) is 16.5. The summed E-state index contributed by atoms with van der Waals surface area (Å²) in [4.78, 5) is 3.54. The summed E-state index contributed by atoms with van der Waals surface area (Å²) in [7, 11) is -4.72. The van der Waals surface area contributed by atoms with Crippen molar-refractivity contribution in [2.75, 3.05) is 13.1 Å². The van der Waals surface area contributed by atoms with Crippen LogP contribution in [0.3, 0.4) is 0 Å². The van der Waals surface area contributed by atoms with E-state index in [9.17, 15) is 8.42 Å². The Balaban J connectivity index is 1.94. The van der Waals surface area contributed by atoms with Crippen LogP contribution in [-0.4, -0.2) is 34.5 Å². The van der Waals surface area contributed by atoms with Crippen molar-refractivity contribution in [3.63, 3.8) is 0 Å². The van der Waals surface area contributed by atoms with Crippen LogP contribution in [0, 0.1) is 6.92 Å². The second-order valence-corrected chi connectivity index (χ2v) is 17.3. The third kappa shape index (κ3) is 6.16. The van der Waals surface area contributed by atoms with Gasteiger partial charge in [0.25, 0.3) is 0 Å². The molecule has 0 amide bonds. The Morgan fingerprint density at radius 2 is 1.63 bits per heavy atom. The predicted molar refractivity (Wildman–Crippen MR) is 129 cm³/mol. The average molecular weight is 442 g/mol. The lowest BCUT2D eigenvalue weighted by Crippen LogP contribution is -2.27. The van der Waals surface area contributed by atoms with E-state index in [4.69, 9.17) is 0 Å². The molecule has 3 rings (SSSR count). The van der Waals surface area contributed by atoms with E-state index in [0.29, 0.717) is 16.2 Å². The number of allylic oxidation sites excluding steroid dienone is 1. The van der Waals surface area contributed by atoms with Gasteiger partial charge in [0.15, 0.2) is 0 Å². The first-order chi connectivity index (χ1) is 14.1. The number of rotatable bonds is 7. The van der Waals surface area contributed by atoms with Gasteiger partial charge in [0.05, 0.1) is 4.90 Å². The molecule has 1 aliphatic rings. The number of benzene rings is 2. The molecular formula is C25H35NO2SSi. The Morgan fingerprint density at radius 3 is 2.27 bits per heavy atom. The van der Waals surface area contributed by atoms with Crippen LogP contribution < -0.4 is 0 Å². The molecular weight excluding hydrogens is 406 g/mol. The second kappa shape index (κ2) is 9.63. The minimum absolute atomic E-state index is 0.435. The Labute approximate surface area is 183 Å². The van der Waals surface area contributed by atoms with E-state index in [1.165, 1.54) is 5.56 Å². The van der Waals surface area contributed by atoms with Gasteiger partial charge in [0.1, 0.15) is 0 Å². The van der Waals surface area contributed by atoms with Gasteiger partial charge in [-0.15, -0.1) is 0 Å². The summed E-state index contributed by atoms with van der Waals surface area (Å²) < 4.78 is 27.2. The lowest BCUT2D eigenvalue weighted by atomic mass is 10.1. The van der Waals surface area contributed by atoms with Crippen molar-refractivity contribution in [3.05, 3.63) is 76.2 Å². The van der Waals surface area contributed by atoms with E-state index in [2.05, 4.69) is 48.8 Å². The van der Waals surface area contributed by atoms with Gasteiger partial charge >= 0.3 is 0 Å². The molecule has 162 valence electrons. The molecule has 3 nitrogen and oxygen atoms in total. The summed E-state index contributed by atoms with van der Waals surface area (Å²) in [6, 6.07) is 18.9. The molecule has 0 spiro atoms.